The van der Waals surface area contributed by atoms with Crippen LogP contribution in [0.1, 0.15) is 68.9 Å². The molecule has 2 rings (SSSR count). The van der Waals surface area contributed by atoms with Crippen LogP contribution in [-0.2, 0) is 12.6 Å². The lowest BCUT2D eigenvalue weighted by Gasteiger charge is -2.28. The maximum Gasteiger partial charge on any atom is 0.416 e. The van der Waals surface area contributed by atoms with E-state index in [2.05, 4.69) is 0 Å². The van der Waals surface area contributed by atoms with Gasteiger partial charge >= 0.3 is 6.18 Å². The first-order chi connectivity index (χ1) is 12.9. The molecule has 0 saturated heterocycles. The van der Waals surface area contributed by atoms with Gasteiger partial charge in [-0.1, -0.05) is 50.7 Å². The van der Waals surface area contributed by atoms with E-state index in [-0.39, 0.29) is 0 Å². The number of benzene rings is 1. The van der Waals surface area contributed by atoms with E-state index in [1.807, 2.05) is 0 Å². The van der Waals surface area contributed by atoms with Crippen LogP contribution in [0.15, 0.2) is 36.2 Å². The van der Waals surface area contributed by atoms with Gasteiger partial charge in [0.25, 0.3) is 0 Å². The van der Waals surface area contributed by atoms with Crippen molar-refractivity contribution < 1.29 is 17.6 Å². The zero-order valence-corrected chi connectivity index (χ0v) is 15.6. The molecule has 1 aliphatic rings. The Balaban J connectivity index is 1.59. The van der Waals surface area contributed by atoms with Crippen molar-refractivity contribution in [1.82, 2.24) is 0 Å². The Hall–Kier alpha value is -1.83. The predicted molar refractivity (Wildman–Crippen MR) is 98.5 cm³/mol. The number of nitriles is 1. The Morgan fingerprint density at radius 3 is 2.15 bits per heavy atom. The summed E-state index contributed by atoms with van der Waals surface area (Å²) in [6.07, 6.45) is 7.57. The molecule has 0 spiro atoms. The molecule has 1 fully saturated rings. The van der Waals surface area contributed by atoms with Crippen molar-refractivity contribution in [3.63, 3.8) is 0 Å². The van der Waals surface area contributed by atoms with Gasteiger partial charge in [-0.15, -0.1) is 0 Å². The largest absolute Gasteiger partial charge is 0.416 e. The van der Waals surface area contributed by atoms with E-state index in [4.69, 9.17) is 5.26 Å². The van der Waals surface area contributed by atoms with Gasteiger partial charge < -0.3 is 0 Å². The summed E-state index contributed by atoms with van der Waals surface area (Å²) in [5, 5.41) is 8.39. The Bertz CT molecular complexity index is 632. The Kier molecular flexibility index (Phi) is 8.34. The Labute approximate surface area is 159 Å². The number of alkyl halides is 3. The Morgan fingerprint density at radius 2 is 1.59 bits per heavy atom. The zero-order chi connectivity index (χ0) is 19.7. The van der Waals surface area contributed by atoms with Gasteiger partial charge in [-0.2, -0.15) is 22.8 Å². The van der Waals surface area contributed by atoms with Crippen LogP contribution in [0.5, 0.6) is 0 Å². The molecule has 1 aromatic rings. The number of allylic oxidation sites excluding steroid dienone is 2. The summed E-state index contributed by atoms with van der Waals surface area (Å²) in [7, 11) is 0. The average Bonchev–Trinajstić information content (AvgIpc) is 2.66. The molecule has 27 heavy (non-hydrogen) atoms. The van der Waals surface area contributed by atoms with E-state index in [9.17, 15) is 17.6 Å². The van der Waals surface area contributed by atoms with Gasteiger partial charge in [0.2, 0.25) is 0 Å². The van der Waals surface area contributed by atoms with Crippen LogP contribution >= 0.6 is 0 Å². The molecule has 0 radical (unpaired) electrons. The second-order valence-corrected chi connectivity index (χ2v) is 7.57. The van der Waals surface area contributed by atoms with E-state index in [0.717, 1.165) is 49.3 Å². The third-order valence-corrected chi connectivity index (χ3v) is 5.58. The summed E-state index contributed by atoms with van der Waals surface area (Å²) in [6, 6.07) is 6.99. The zero-order valence-electron chi connectivity index (χ0n) is 15.6. The average molecular weight is 381 g/mol. The Morgan fingerprint density at radius 1 is 1.00 bits per heavy atom. The fourth-order valence-corrected chi connectivity index (χ4v) is 3.92. The second kappa shape index (κ2) is 10.5. The number of rotatable bonds is 8. The van der Waals surface area contributed by atoms with Gasteiger partial charge in [-0.05, 0) is 61.3 Å². The molecular weight excluding hydrogens is 354 g/mol. The van der Waals surface area contributed by atoms with Crippen LogP contribution in [0, 0.1) is 23.2 Å². The topological polar surface area (TPSA) is 23.8 Å². The molecule has 0 atom stereocenters. The standard InChI is InChI=1S/C22H27F4N/c23-21(16-27)7-3-6-19-10-8-17(9-11-19)4-1-2-5-18-12-14-20(15-13-18)22(24,25)26/h7,12-15,17,19H,1-6,8-11H2/t17-,19-. The highest BCUT2D eigenvalue weighted by Crippen LogP contribution is 2.34. The van der Waals surface area contributed by atoms with Gasteiger partial charge in [0.15, 0.2) is 5.83 Å². The van der Waals surface area contributed by atoms with Crippen LogP contribution in [0.25, 0.3) is 0 Å². The summed E-state index contributed by atoms with van der Waals surface area (Å²) >= 11 is 0. The molecule has 0 aliphatic heterocycles. The lowest BCUT2D eigenvalue weighted by molar-refractivity contribution is -0.137. The number of hydrogen-bond donors (Lipinski definition) is 0. The quantitative estimate of drug-likeness (QED) is 0.262. The van der Waals surface area contributed by atoms with Crippen molar-refractivity contribution in [2.45, 2.75) is 70.4 Å². The monoisotopic (exact) mass is 381 g/mol. The van der Waals surface area contributed by atoms with Gasteiger partial charge in [-0.3, -0.25) is 0 Å². The van der Waals surface area contributed by atoms with Crippen LogP contribution < -0.4 is 0 Å². The number of halogens is 4. The van der Waals surface area contributed by atoms with Crippen molar-refractivity contribution in [1.29, 1.82) is 5.26 Å². The minimum absolute atomic E-state index is 0.589. The lowest BCUT2D eigenvalue weighted by atomic mass is 9.78. The van der Waals surface area contributed by atoms with Gasteiger partial charge in [0, 0.05) is 0 Å². The summed E-state index contributed by atoms with van der Waals surface area (Å²) in [4.78, 5) is 0. The van der Waals surface area contributed by atoms with Crippen molar-refractivity contribution in [3.8, 4) is 6.07 Å². The molecular formula is C22H27F4N. The summed E-state index contributed by atoms with van der Waals surface area (Å²) in [5.41, 5.74) is 0.373. The van der Waals surface area contributed by atoms with Crippen LogP contribution in [0.3, 0.4) is 0 Å². The van der Waals surface area contributed by atoms with Gasteiger partial charge in [-0.25, -0.2) is 0 Å². The number of hydrogen-bond acceptors (Lipinski definition) is 1. The van der Waals surface area contributed by atoms with E-state index in [0.29, 0.717) is 12.3 Å². The van der Waals surface area contributed by atoms with Crippen molar-refractivity contribution >= 4 is 0 Å². The molecule has 148 valence electrons. The number of aryl methyl sites for hydroxylation is 1. The molecule has 1 nitrogen and oxygen atoms in total. The molecule has 1 aromatic carbocycles. The molecule has 0 N–H and O–H groups in total. The molecule has 5 heteroatoms. The van der Waals surface area contributed by atoms with Crippen LogP contribution in [-0.4, -0.2) is 0 Å². The third kappa shape index (κ3) is 7.74. The summed E-state index contributed by atoms with van der Waals surface area (Å²) in [5.74, 6) is 0.688. The van der Waals surface area contributed by atoms with E-state index in [1.54, 1.807) is 12.1 Å². The summed E-state index contributed by atoms with van der Waals surface area (Å²) < 4.78 is 50.4. The van der Waals surface area contributed by atoms with Crippen LogP contribution in [0.2, 0.25) is 0 Å². The molecule has 1 aliphatic carbocycles. The first-order valence-corrected chi connectivity index (χ1v) is 9.80. The third-order valence-electron chi connectivity index (χ3n) is 5.58. The van der Waals surface area contributed by atoms with E-state index < -0.39 is 17.6 Å². The molecule has 1 saturated carbocycles. The molecule has 0 bridgehead atoms. The molecule has 0 aromatic heterocycles. The highest BCUT2D eigenvalue weighted by atomic mass is 19.4. The van der Waals surface area contributed by atoms with Gasteiger partial charge in [0.1, 0.15) is 6.07 Å². The maximum absolute atomic E-state index is 12.8. The van der Waals surface area contributed by atoms with Gasteiger partial charge in [0.05, 0.1) is 5.56 Å². The minimum Gasteiger partial charge on any atom is -0.195 e. The van der Waals surface area contributed by atoms with Crippen molar-refractivity contribution in [3.05, 3.63) is 47.3 Å². The fourth-order valence-electron chi connectivity index (χ4n) is 3.92. The van der Waals surface area contributed by atoms with E-state index in [1.165, 1.54) is 44.2 Å². The fraction of sp³-hybridized carbons (Fsp3) is 0.591. The highest BCUT2D eigenvalue weighted by Gasteiger charge is 2.29. The maximum atomic E-state index is 12.8. The van der Waals surface area contributed by atoms with Crippen LogP contribution in [0.4, 0.5) is 17.6 Å². The molecule has 0 unspecified atom stereocenters. The minimum atomic E-state index is -4.27. The lowest BCUT2D eigenvalue weighted by Crippen LogP contribution is -2.14. The first-order valence-electron chi connectivity index (χ1n) is 9.80. The number of unbranched alkanes of at least 4 members (excludes halogenated alkanes) is 1. The first kappa shape index (κ1) is 21.5. The SMILES string of the molecule is N#CC(F)=CCC[C@H]1CC[C@H](CCCCc2ccc(C(F)(F)F)cc2)CC1. The molecule has 0 amide bonds. The summed E-state index contributed by atoms with van der Waals surface area (Å²) in [6.45, 7) is 0. The van der Waals surface area contributed by atoms with Crippen molar-refractivity contribution in [2.24, 2.45) is 11.8 Å². The smallest absolute Gasteiger partial charge is 0.195 e. The number of nitrogens with zero attached hydrogens (tertiary/aromatic N) is 1. The van der Waals surface area contributed by atoms with E-state index >= 15 is 0 Å². The highest BCUT2D eigenvalue weighted by molar-refractivity contribution is 5.24. The second-order valence-electron chi connectivity index (χ2n) is 7.57. The predicted octanol–water partition coefficient (Wildman–Crippen LogP) is 7.38. The normalized spacial score (nSPS) is 21.1. The van der Waals surface area contributed by atoms with Crippen molar-refractivity contribution in [2.75, 3.05) is 0 Å². The molecule has 0 heterocycles.